The number of rotatable bonds is 6. The summed E-state index contributed by atoms with van der Waals surface area (Å²) in [7, 11) is 3.15. The van der Waals surface area contributed by atoms with Crippen LogP contribution in [0, 0.1) is 6.92 Å². The highest BCUT2D eigenvalue weighted by Gasteiger charge is 2.12. The molecule has 3 rings (SSSR count). The lowest BCUT2D eigenvalue weighted by atomic mass is 10.1. The van der Waals surface area contributed by atoms with Gasteiger partial charge in [0.15, 0.2) is 17.2 Å². The zero-order valence-corrected chi connectivity index (χ0v) is 16.3. The van der Waals surface area contributed by atoms with Crippen LogP contribution < -0.4 is 14.9 Å². The molecular weight excluding hydrogens is 364 g/mol. The van der Waals surface area contributed by atoms with Gasteiger partial charge in [-0.3, -0.25) is 9.89 Å². The van der Waals surface area contributed by atoms with Gasteiger partial charge in [-0.15, -0.1) is 11.3 Å². The van der Waals surface area contributed by atoms with Gasteiger partial charge in [0, 0.05) is 10.4 Å². The minimum Gasteiger partial charge on any atom is -0.493 e. The Labute approximate surface area is 161 Å². The molecule has 27 heavy (non-hydrogen) atoms. The molecule has 1 aromatic carbocycles. The smallest absolute Gasteiger partial charge is 0.291 e. The quantitative estimate of drug-likeness (QED) is 0.502. The van der Waals surface area contributed by atoms with Crippen LogP contribution >= 0.6 is 11.3 Å². The number of carbonyl (C=O) groups excluding carboxylic acids is 1. The van der Waals surface area contributed by atoms with E-state index in [0.29, 0.717) is 17.2 Å². The van der Waals surface area contributed by atoms with Crippen molar-refractivity contribution in [2.24, 2.45) is 5.10 Å². The Balaban J connectivity index is 1.72. The fourth-order valence-electron chi connectivity index (χ4n) is 2.46. The van der Waals surface area contributed by atoms with Crippen molar-refractivity contribution in [1.29, 1.82) is 0 Å². The molecule has 3 aromatic rings. The number of hydrazone groups is 1. The summed E-state index contributed by atoms with van der Waals surface area (Å²) in [6.45, 7) is 3.83. The number of benzene rings is 1. The Kier molecular flexibility index (Phi) is 5.56. The first kappa shape index (κ1) is 18.7. The zero-order chi connectivity index (χ0) is 19.4. The second-order valence-corrected chi connectivity index (χ2v) is 7.07. The van der Waals surface area contributed by atoms with E-state index in [9.17, 15) is 4.79 Å². The molecule has 0 unspecified atom stereocenters. The molecule has 0 saturated carbocycles. The molecule has 0 radical (unpaired) electrons. The van der Waals surface area contributed by atoms with E-state index in [2.05, 4.69) is 20.7 Å². The van der Waals surface area contributed by atoms with Gasteiger partial charge >= 0.3 is 0 Å². The first-order chi connectivity index (χ1) is 13.0. The first-order valence-electron chi connectivity index (χ1n) is 8.21. The van der Waals surface area contributed by atoms with Gasteiger partial charge in [-0.25, -0.2) is 5.43 Å². The van der Waals surface area contributed by atoms with E-state index in [4.69, 9.17) is 9.47 Å². The van der Waals surface area contributed by atoms with Crippen molar-refractivity contribution in [3.05, 3.63) is 52.5 Å². The molecule has 0 aliphatic rings. The average molecular weight is 384 g/mol. The van der Waals surface area contributed by atoms with Crippen LogP contribution in [0.1, 0.15) is 27.9 Å². The summed E-state index contributed by atoms with van der Waals surface area (Å²) < 4.78 is 10.5. The Bertz CT molecular complexity index is 991. The molecule has 0 aliphatic heterocycles. The number of ether oxygens (including phenoxy) is 2. The summed E-state index contributed by atoms with van der Waals surface area (Å²) in [5.74, 6) is 0.843. The zero-order valence-electron chi connectivity index (χ0n) is 15.5. The predicted molar refractivity (Wildman–Crippen MR) is 106 cm³/mol. The molecule has 140 valence electrons. The van der Waals surface area contributed by atoms with Gasteiger partial charge in [0.1, 0.15) is 0 Å². The fraction of sp³-hybridized carbons (Fsp3) is 0.211. The van der Waals surface area contributed by atoms with E-state index < -0.39 is 0 Å². The molecule has 0 fully saturated rings. The highest BCUT2D eigenvalue weighted by atomic mass is 32.1. The van der Waals surface area contributed by atoms with E-state index in [0.717, 1.165) is 16.1 Å². The Morgan fingerprint density at radius 3 is 2.59 bits per heavy atom. The van der Waals surface area contributed by atoms with Crippen molar-refractivity contribution in [2.45, 2.75) is 13.8 Å². The molecule has 2 heterocycles. The fourth-order valence-corrected chi connectivity index (χ4v) is 3.29. The lowest BCUT2D eigenvalue weighted by molar-refractivity contribution is 0.0950. The van der Waals surface area contributed by atoms with Gasteiger partial charge < -0.3 is 9.47 Å². The highest BCUT2D eigenvalue weighted by Crippen LogP contribution is 2.28. The van der Waals surface area contributed by atoms with Gasteiger partial charge in [0.2, 0.25) is 0 Å². The maximum Gasteiger partial charge on any atom is 0.291 e. The number of aromatic nitrogens is 2. The van der Waals surface area contributed by atoms with Crippen LogP contribution in [-0.4, -0.2) is 36.0 Å². The van der Waals surface area contributed by atoms with Crippen LogP contribution in [0.2, 0.25) is 0 Å². The largest absolute Gasteiger partial charge is 0.493 e. The van der Waals surface area contributed by atoms with Crippen molar-refractivity contribution in [2.75, 3.05) is 14.2 Å². The van der Waals surface area contributed by atoms with Crippen molar-refractivity contribution in [1.82, 2.24) is 15.6 Å². The average Bonchev–Trinajstić information content (AvgIpc) is 3.34. The normalized spacial score (nSPS) is 11.3. The van der Waals surface area contributed by atoms with Crippen LogP contribution in [0.3, 0.4) is 0 Å². The second kappa shape index (κ2) is 8.05. The minimum atomic E-state index is -0.384. The number of nitrogens with zero attached hydrogens (tertiary/aromatic N) is 2. The molecule has 7 nitrogen and oxygen atoms in total. The van der Waals surface area contributed by atoms with Crippen molar-refractivity contribution >= 4 is 23.0 Å². The molecule has 2 aromatic heterocycles. The van der Waals surface area contributed by atoms with Crippen LogP contribution in [0.5, 0.6) is 11.5 Å². The number of carbonyl (C=O) groups is 1. The molecule has 8 heteroatoms. The molecule has 0 bridgehead atoms. The van der Waals surface area contributed by atoms with Gasteiger partial charge in [-0.1, -0.05) is 0 Å². The lowest BCUT2D eigenvalue weighted by Gasteiger charge is -2.09. The van der Waals surface area contributed by atoms with E-state index in [1.165, 1.54) is 4.88 Å². The molecular formula is C19H20N4O3S. The summed E-state index contributed by atoms with van der Waals surface area (Å²) in [4.78, 5) is 14.5. The molecule has 1 amide bonds. The third-order valence-electron chi connectivity index (χ3n) is 3.94. The summed E-state index contributed by atoms with van der Waals surface area (Å²) in [5.41, 5.74) is 5.06. The Morgan fingerprint density at radius 1 is 1.15 bits per heavy atom. The molecule has 0 aliphatic carbocycles. The number of thiophene rings is 1. The minimum absolute atomic E-state index is 0.278. The third-order valence-corrected chi connectivity index (χ3v) is 4.98. The van der Waals surface area contributed by atoms with E-state index in [1.54, 1.807) is 50.7 Å². The number of methoxy groups -OCH3 is 2. The standard InChI is InChI=1S/C19H20N4O3S/c1-11-5-8-18(27-11)14-10-15(22-21-14)19(24)23-20-12(2)13-6-7-16(25-3)17(9-13)26-4/h5-10H,1-4H3,(H,21,22)(H,23,24)/b20-12+. The summed E-state index contributed by atoms with van der Waals surface area (Å²) in [6, 6.07) is 11.2. The van der Waals surface area contributed by atoms with E-state index in [-0.39, 0.29) is 11.6 Å². The summed E-state index contributed by atoms with van der Waals surface area (Å²) in [6.07, 6.45) is 0. The summed E-state index contributed by atoms with van der Waals surface area (Å²) >= 11 is 1.64. The number of aromatic amines is 1. The maximum absolute atomic E-state index is 12.3. The van der Waals surface area contributed by atoms with Crippen LogP contribution in [-0.2, 0) is 0 Å². The van der Waals surface area contributed by atoms with Gasteiger partial charge in [-0.2, -0.15) is 10.2 Å². The number of H-pyrrole nitrogens is 1. The topological polar surface area (TPSA) is 88.6 Å². The predicted octanol–water partition coefficient (Wildman–Crippen LogP) is 3.62. The summed E-state index contributed by atoms with van der Waals surface area (Å²) in [5, 5.41) is 11.1. The van der Waals surface area contributed by atoms with E-state index in [1.807, 2.05) is 25.1 Å². The molecule has 0 spiro atoms. The number of aryl methyl sites for hydroxylation is 1. The van der Waals surface area contributed by atoms with Crippen LogP contribution in [0.15, 0.2) is 41.5 Å². The second-order valence-electron chi connectivity index (χ2n) is 5.79. The SMILES string of the molecule is COc1ccc(/C(C)=N/NC(=O)c2cc(-c3ccc(C)s3)[nH]n2)cc1OC. The Morgan fingerprint density at radius 2 is 1.93 bits per heavy atom. The van der Waals surface area contributed by atoms with Gasteiger partial charge in [0.25, 0.3) is 5.91 Å². The Hall–Kier alpha value is -3.13. The number of hydrogen-bond donors (Lipinski definition) is 2. The molecule has 0 saturated heterocycles. The van der Waals surface area contributed by atoms with Gasteiger partial charge in [-0.05, 0) is 50.2 Å². The maximum atomic E-state index is 12.3. The number of nitrogens with one attached hydrogen (secondary N) is 2. The highest BCUT2D eigenvalue weighted by molar-refractivity contribution is 7.15. The van der Waals surface area contributed by atoms with Crippen molar-refractivity contribution in [3.63, 3.8) is 0 Å². The number of amides is 1. The van der Waals surface area contributed by atoms with Crippen LogP contribution in [0.25, 0.3) is 10.6 Å². The lowest BCUT2D eigenvalue weighted by Crippen LogP contribution is -2.19. The van der Waals surface area contributed by atoms with Crippen molar-refractivity contribution < 1.29 is 14.3 Å². The van der Waals surface area contributed by atoms with Gasteiger partial charge in [0.05, 0.1) is 30.5 Å². The van der Waals surface area contributed by atoms with Crippen LogP contribution in [0.4, 0.5) is 0 Å². The van der Waals surface area contributed by atoms with E-state index >= 15 is 0 Å². The third kappa shape index (κ3) is 4.17. The molecule has 0 atom stereocenters. The first-order valence-corrected chi connectivity index (χ1v) is 9.02. The van der Waals surface area contributed by atoms with Crippen molar-refractivity contribution in [3.8, 4) is 22.1 Å². The number of hydrogen-bond acceptors (Lipinski definition) is 6. The monoisotopic (exact) mass is 384 g/mol. The molecule has 2 N–H and O–H groups in total.